The first-order chi connectivity index (χ1) is 8.75. The minimum absolute atomic E-state index is 0.0787. The molecule has 4 nitrogen and oxygen atoms in total. The molecule has 1 amide bonds. The van der Waals surface area contributed by atoms with Gasteiger partial charge in [-0.1, -0.05) is 17.0 Å². The molecule has 0 aliphatic carbocycles. The van der Waals surface area contributed by atoms with Crippen molar-refractivity contribution in [3.8, 4) is 23.2 Å². The monoisotopic (exact) mass is 240 g/mol. The van der Waals surface area contributed by atoms with Crippen molar-refractivity contribution in [1.29, 1.82) is 0 Å². The van der Waals surface area contributed by atoms with Gasteiger partial charge in [-0.15, -0.1) is 0 Å². The van der Waals surface area contributed by atoms with Gasteiger partial charge < -0.3 is 9.84 Å². The first-order valence-electron chi connectivity index (χ1n) is 5.50. The zero-order valence-corrected chi connectivity index (χ0v) is 9.93. The summed E-state index contributed by atoms with van der Waals surface area (Å²) in [5, 5.41) is 6.27. The normalized spacial score (nSPS) is 9.39. The number of carbonyl (C=O) groups is 1. The van der Waals surface area contributed by atoms with Crippen LogP contribution in [0.15, 0.2) is 41.1 Å². The largest absolute Gasteiger partial charge is 0.356 e. The summed E-state index contributed by atoms with van der Waals surface area (Å²) in [5.41, 5.74) is 1.85. The first kappa shape index (κ1) is 11.9. The lowest BCUT2D eigenvalue weighted by Crippen LogP contribution is -2.19. The van der Waals surface area contributed by atoms with Crippen LogP contribution in [0.2, 0.25) is 0 Å². The van der Waals surface area contributed by atoms with Crippen LogP contribution >= 0.6 is 0 Å². The summed E-state index contributed by atoms with van der Waals surface area (Å²) in [6.45, 7) is 1.83. The number of hydrogen-bond acceptors (Lipinski definition) is 3. The summed E-state index contributed by atoms with van der Waals surface area (Å²) in [6, 6.07) is 9.45. The van der Waals surface area contributed by atoms with Crippen molar-refractivity contribution in [2.45, 2.75) is 6.92 Å². The fraction of sp³-hybridized carbons (Fsp3) is 0.143. The van der Waals surface area contributed by atoms with Crippen LogP contribution in [0.5, 0.6) is 0 Å². The molecular formula is C14H12N2O2. The predicted octanol–water partition coefficient (Wildman–Crippen LogP) is 1.83. The zero-order chi connectivity index (χ0) is 12.8. The second kappa shape index (κ2) is 5.69. The highest BCUT2D eigenvalue weighted by molar-refractivity contribution is 5.73. The molecule has 1 N–H and O–H groups in total. The Kier molecular flexibility index (Phi) is 3.77. The molecule has 0 atom stereocenters. The number of rotatable bonds is 2. The van der Waals surface area contributed by atoms with Gasteiger partial charge in [-0.05, 0) is 24.3 Å². The van der Waals surface area contributed by atoms with Gasteiger partial charge in [-0.2, -0.15) is 0 Å². The van der Waals surface area contributed by atoms with Gasteiger partial charge in [0.25, 0.3) is 0 Å². The van der Waals surface area contributed by atoms with Gasteiger partial charge in [0.1, 0.15) is 0 Å². The second-order valence-corrected chi connectivity index (χ2v) is 3.67. The number of amides is 1. The van der Waals surface area contributed by atoms with E-state index in [0.29, 0.717) is 6.54 Å². The molecule has 0 aliphatic rings. The van der Waals surface area contributed by atoms with E-state index in [2.05, 4.69) is 22.3 Å². The predicted molar refractivity (Wildman–Crippen MR) is 67.5 cm³/mol. The van der Waals surface area contributed by atoms with E-state index in [4.69, 9.17) is 4.52 Å². The molecule has 0 fully saturated rings. The molecule has 0 radical (unpaired) electrons. The van der Waals surface area contributed by atoms with E-state index in [1.165, 1.54) is 6.92 Å². The summed E-state index contributed by atoms with van der Waals surface area (Å²) in [6.07, 6.45) is 1.61. The average Bonchev–Trinajstić information content (AvgIpc) is 2.89. The van der Waals surface area contributed by atoms with Gasteiger partial charge in [0.2, 0.25) is 5.91 Å². The molecule has 2 rings (SSSR count). The van der Waals surface area contributed by atoms with Gasteiger partial charge in [-0.3, -0.25) is 4.79 Å². The van der Waals surface area contributed by atoms with Crippen molar-refractivity contribution in [3.05, 3.63) is 42.1 Å². The summed E-state index contributed by atoms with van der Waals surface area (Å²) in [4.78, 5) is 10.6. The van der Waals surface area contributed by atoms with Crippen LogP contribution in [0.1, 0.15) is 12.5 Å². The van der Waals surface area contributed by atoms with E-state index in [9.17, 15) is 4.79 Å². The highest BCUT2D eigenvalue weighted by Crippen LogP contribution is 2.18. The minimum atomic E-state index is -0.0787. The summed E-state index contributed by atoms with van der Waals surface area (Å²) >= 11 is 0. The molecule has 0 aliphatic heterocycles. The molecule has 2 aromatic rings. The lowest BCUT2D eigenvalue weighted by molar-refractivity contribution is -0.118. The van der Waals surface area contributed by atoms with Crippen molar-refractivity contribution in [3.63, 3.8) is 0 Å². The molecular weight excluding hydrogens is 228 g/mol. The molecule has 0 saturated heterocycles. The third kappa shape index (κ3) is 3.22. The number of nitrogens with one attached hydrogen (secondary N) is 1. The number of benzene rings is 1. The van der Waals surface area contributed by atoms with E-state index < -0.39 is 0 Å². The Morgan fingerprint density at radius 1 is 1.33 bits per heavy atom. The standard InChI is InChI=1S/C14H12N2O2/c1-11(17)15-9-2-3-12-4-6-13(7-5-12)14-8-10-16-18-14/h4-8,10H,9H2,1H3,(H,15,17). The van der Waals surface area contributed by atoms with Crippen molar-refractivity contribution in [2.24, 2.45) is 0 Å². The third-order valence-corrected chi connectivity index (χ3v) is 2.27. The Bertz CT molecular complexity index is 575. The fourth-order valence-electron chi connectivity index (χ4n) is 1.40. The van der Waals surface area contributed by atoms with E-state index in [-0.39, 0.29) is 5.91 Å². The zero-order valence-electron chi connectivity index (χ0n) is 9.93. The quantitative estimate of drug-likeness (QED) is 0.815. The van der Waals surface area contributed by atoms with Gasteiger partial charge in [0.15, 0.2) is 5.76 Å². The highest BCUT2D eigenvalue weighted by Gasteiger charge is 2.00. The van der Waals surface area contributed by atoms with Crippen LogP contribution in [-0.2, 0) is 4.79 Å². The van der Waals surface area contributed by atoms with Crippen LogP contribution < -0.4 is 5.32 Å². The SMILES string of the molecule is CC(=O)NCC#Cc1ccc(-c2ccno2)cc1. The Morgan fingerprint density at radius 3 is 2.72 bits per heavy atom. The maximum atomic E-state index is 10.6. The second-order valence-electron chi connectivity index (χ2n) is 3.67. The Hall–Kier alpha value is -2.54. The van der Waals surface area contributed by atoms with E-state index >= 15 is 0 Å². The number of nitrogens with zero attached hydrogens (tertiary/aromatic N) is 1. The van der Waals surface area contributed by atoms with E-state index in [1.807, 2.05) is 24.3 Å². The molecule has 4 heteroatoms. The topological polar surface area (TPSA) is 55.1 Å². The fourth-order valence-corrected chi connectivity index (χ4v) is 1.40. The highest BCUT2D eigenvalue weighted by atomic mass is 16.5. The Morgan fingerprint density at radius 2 is 2.11 bits per heavy atom. The molecule has 0 bridgehead atoms. The molecule has 1 aromatic heterocycles. The van der Waals surface area contributed by atoms with Crippen LogP contribution in [0, 0.1) is 11.8 Å². The maximum absolute atomic E-state index is 10.6. The van der Waals surface area contributed by atoms with Gasteiger partial charge >= 0.3 is 0 Å². The van der Waals surface area contributed by atoms with Crippen LogP contribution in [0.3, 0.4) is 0 Å². The molecule has 18 heavy (non-hydrogen) atoms. The van der Waals surface area contributed by atoms with Gasteiger partial charge in [-0.25, -0.2) is 0 Å². The molecule has 90 valence electrons. The third-order valence-electron chi connectivity index (χ3n) is 2.27. The number of aromatic nitrogens is 1. The summed E-state index contributed by atoms with van der Waals surface area (Å²) < 4.78 is 5.05. The number of carbonyl (C=O) groups excluding carboxylic acids is 1. The molecule has 0 spiro atoms. The van der Waals surface area contributed by atoms with Crippen LogP contribution in [0.25, 0.3) is 11.3 Å². The van der Waals surface area contributed by atoms with Gasteiger partial charge in [0.05, 0.1) is 12.7 Å². The minimum Gasteiger partial charge on any atom is -0.356 e. The van der Waals surface area contributed by atoms with Gasteiger partial charge in [0, 0.05) is 24.1 Å². The Labute approximate surface area is 105 Å². The lowest BCUT2D eigenvalue weighted by Gasteiger charge is -1.95. The summed E-state index contributed by atoms with van der Waals surface area (Å²) in [7, 11) is 0. The maximum Gasteiger partial charge on any atom is 0.217 e. The van der Waals surface area contributed by atoms with Crippen molar-refractivity contribution in [1.82, 2.24) is 10.5 Å². The molecule has 1 heterocycles. The molecule has 0 unspecified atom stereocenters. The van der Waals surface area contributed by atoms with Crippen LogP contribution in [-0.4, -0.2) is 17.6 Å². The Balaban J connectivity index is 2.02. The van der Waals surface area contributed by atoms with E-state index in [0.717, 1.165) is 16.9 Å². The molecule has 1 aromatic carbocycles. The smallest absolute Gasteiger partial charge is 0.217 e. The van der Waals surface area contributed by atoms with E-state index in [1.54, 1.807) is 12.3 Å². The average molecular weight is 240 g/mol. The van der Waals surface area contributed by atoms with Crippen molar-refractivity contribution >= 4 is 5.91 Å². The number of hydrogen-bond donors (Lipinski definition) is 1. The van der Waals surface area contributed by atoms with Crippen molar-refractivity contribution < 1.29 is 9.32 Å². The lowest BCUT2D eigenvalue weighted by atomic mass is 10.1. The first-order valence-corrected chi connectivity index (χ1v) is 5.50. The molecule has 0 saturated carbocycles. The summed E-state index contributed by atoms with van der Waals surface area (Å²) in [5.74, 6) is 6.48. The van der Waals surface area contributed by atoms with Crippen molar-refractivity contribution in [2.75, 3.05) is 6.54 Å². The van der Waals surface area contributed by atoms with Crippen LogP contribution in [0.4, 0.5) is 0 Å².